The smallest absolute Gasteiger partial charge is 0.336 e. The highest BCUT2D eigenvalue weighted by Crippen LogP contribution is 2.19. The fourth-order valence-corrected chi connectivity index (χ4v) is 3.78. The van der Waals surface area contributed by atoms with E-state index in [0.717, 1.165) is 11.8 Å². The van der Waals surface area contributed by atoms with Crippen molar-refractivity contribution >= 4 is 32.7 Å². The van der Waals surface area contributed by atoms with Crippen LogP contribution in [0.3, 0.4) is 0 Å². The van der Waals surface area contributed by atoms with Gasteiger partial charge in [-0.05, 0) is 37.1 Å². The molecule has 1 heterocycles. The normalized spacial score (nSPS) is 12.3. The minimum Gasteiger partial charge on any atom is -0.459 e. The molecule has 3 aromatic rings. The van der Waals surface area contributed by atoms with Gasteiger partial charge in [0.1, 0.15) is 28.1 Å². The van der Waals surface area contributed by atoms with E-state index in [9.17, 15) is 22.8 Å². The molecule has 32 heavy (non-hydrogen) atoms. The van der Waals surface area contributed by atoms with Crippen LogP contribution >= 0.6 is 0 Å². The first-order chi connectivity index (χ1) is 15.1. The number of sulfone groups is 1. The Morgan fingerprint density at radius 3 is 2.50 bits per heavy atom. The molecular formula is C23H23NO7S. The minimum atomic E-state index is -3.37. The highest BCUT2D eigenvalue weighted by molar-refractivity contribution is 7.90. The van der Waals surface area contributed by atoms with Crippen LogP contribution in [0, 0.1) is 6.92 Å². The number of carbonyl (C=O) groups excluding carboxylic acids is 2. The van der Waals surface area contributed by atoms with Gasteiger partial charge in [-0.3, -0.25) is 4.79 Å². The summed E-state index contributed by atoms with van der Waals surface area (Å²) >= 11 is 0. The molecule has 2 aromatic carbocycles. The number of hydrogen-bond donors (Lipinski definition) is 1. The van der Waals surface area contributed by atoms with Gasteiger partial charge in [-0.1, -0.05) is 30.3 Å². The van der Waals surface area contributed by atoms with E-state index in [1.54, 1.807) is 42.5 Å². The Hall–Kier alpha value is -3.46. The first-order valence-corrected chi connectivity index (χ1v) is 11.9. The summed E-state index contributed by atoms with van der Waals surface area (Å²) in [7, 11) is -3.37. The third-order valence-electron chi connectivity index (χ3n) is 4.76. The van der Waals surface area contributed by atoms with E-state index in [4.69, 9.17) is 9.15 Å². The van der Waals surface area contributed by atoms with Crippen molar-refractivity contribution in [1.82, 2.24) is 5.32 Å². The number of aryl methyl sites for hydroxylation is 1. The molecule has 0 aliphatic carbocycles. The molecule has 1 aromatic heterocycles. The molecule has 0 radical (unpaired) electrons. The maximum atomic E-state index is 12.7. The molecule has 0 aliphatic rings. The van der Waals surface area contributed by atoms with Crippen molar-refractivity contribution in [2.75, 3.05) is 12.0 Å². The number of fused-ring (bicyclic) bond motifs is 1. The number of hydrogen-bond acceptors (Lipinski definition) is 7. The van der Waals surface area contributed by atoms with Crippen LogP contribution in [0.1, 0.15) is 27.9 Å². The van der Waals surface area contributed by atoms with E-state index in [0.29, 0.717) is 22.1 Å². The maximum absolute atomic E-state index is 12.7. The van der Waals surface area contributed by atoms with Gasteiger partial charge in [-0.25, -0.2) is 18.0 Å². The number of carbonyl (C=O) groups is 2. The molecule has 0 fully saturated rings. The van der Waals surface area contributed by atoms with E-state index in [1.165, 1.54) is 6.07 Å². The zero-order valence-corrected chi connectivity index (χ0v) is 18.5. The molecule has 0 saturated heterocycles. The van der Waals surface area contributed by atoms with E-state index >= 15 is 0 Å². The second-order valence-electron chi connectivity index (χ2n) is 7.51. The van der Waals surface area contributed by atoms with Crippen LogP contribution in [0.2, 0.25) is 0 Å². The average molecular weight is 458 g/mol. The van der Waals surface area contributed by atoms with Gasteiger partial charge in [0.15, 0.2) is 0 Å². The highest BCUT2D eigenvalue weighted by atomic mass is 32.2. The summed E-state index contributed by atoms with van der Waals surface area (Å²) < 4.78 is 33.7. The van der Waals surface area contributed by atoms with E-state index in [1.807, 2.05) is 13.0 Å². The van der Waals surface area contributed by atoms with Crippen molar-refractivity contribution in [2.45, 2.75) is 26.0 Å². The van der Waals surface area contributed by atoms with Crippen molar-refractivity contribution in [3.63, 3.8) is 0 Å². The third kappa shape index (κ3) is 6.27. The maximum Gasteiger partial charge on any atom is 0.336 e. The molecule has 1 atom stereocenters. The van der Waals surface area contributed by atoms with Gasteiger partial charge in [0, 0.05) is 28.8 Å². The van der Waals surface area contributed by atoms with Crippen molar-refractivity contribution in [2.24, 2.45) is 0 Å². The van der Waals surface area contributed by atoms with E-state index in [-0.39, 0.29) is 18.8 Å². The van der Waals surface area contributed by atoms with Crippen molar-refractivity contribution in [1.29, 1.82) is 0 Å². The summed E-state index contributed by atoms with van der Waals surface area (Å²) in [6.07, 6.45) is 0.902. The van der Waals surface area contributed by atoms with Crippen LogP contribution in [-0.4, -0.2) is 38.3 Å². The highest BCUT2D eigenvalue weighted by Gasteiger charge is 2.25. The molecule has 168 valence electrons. The molecule has 9 heteroatoms. The third-order valence-corrected chi connectivity index (χ3v) is 5.74. The molecule has 0 aliphatic heterocycles. The summed E-state index contributed by atoms with van der Waals surface area (Å²) in [5, 5.41) is 3.15. The Labute approximate surface area is 185 Å². The molecular weight excluding hydrogens is 434 g/mol. The van der Waals surface area contributed by atoms with Gasteiger partial charge in [-0.15, -0.1) is 0 Å². The molecule has 1 N–H and O–H groups in total. The average Bonchev–Trinajstić information content (AvgIpc) is 2.74. The van der Waals surface area contributed by atoms with Crippen LogP contribution in [0.25, 0.3) is 11.0 Å². The number of amides is 1. The number of esters is 1. The van der Waals surface area contributed by atoms with Gasteiger partial charge >= 0.3 is 11.6 Å². The lowest BCUT2D eigenvalue weighted by molar-refractivity contribution is -0.147. The van der Waals surface area contributed by atoms with Gasteiger partial charge < -0.3 is 14.5 Å². The molecule has 1 unspecified atom stereocenters. The zero-order chi connectivity index (χ0) is 23.3. The van der Waals surface area contributed by atoms with E-state index < -0.39 is 33.4 Å². The summed E-state index contributed by atoms with van der Waals surface area (Å²) in [6.45, 7) is 1.62. The number of nitrogens with one attached hydrogen (secondary N) is 1. The first-order valence-electron chi connectivity index (χ1n) is 9.86. The summed E-state index contributed by atoms with van der Waals surface area (Å²) in [5.74, 6) is -1.63. The van der Waals surface area contributed by atoms with Crippen LogP contribution in [-0.2, 0) is 26.0 Å². The Morgan fingerprint density at radius 2 is 1.81 bits per heavy atom. The van der Waals surface area contributed by atoms with Crippen LogP contribution in [0.4, 0.5) is 0 Å². The Morgan fingerprint density at radius 1 is 1.09 bits per heavy atom. The van der Waals surface area contributed by atoms with Crippen LogP contribution in [0.15, 0.2) is 63.8 Å². The number of benzene rings is 2. The second-order valence-corrected chi connectivity index (χ2v) is 9.77. The molecule has 8 nitrogen and oxygen atoms in total. The molecule has 0 bridgehead atoms. The Balaban J connectivity index is 1.78. The minimum absolute atomic E-state index is 0.146. The fraction of sp³-hybridized carbons (Fsp3) is 0.261. The van der Waals surface area contributed by atoms with Gasteiger partial charge in [0.2, 0.25) is 0 Å². The first kappa shape index (κ1) is 23.2. The monoisotopic (exact) mass is 457 g/mol. The summed E-state index contributed by atoms with van der Waals surface area (Å²) in [4.78, 5) is 37.1. The number of ether oxygens (including phenoxy) is 1. The van der Waals surface area contributed by atoms with E-state index in [2.05, 4.69) is 5.32 Å². The standard InChI is InChI=1S/C23H23NO7S/c1-15-8-9-18-17(13-21(25)31-20(18)12-15)14-30-23(27)19(10-11-32(2,28)29)24-22(26)16-6-4-3-5-7-16/h3-9,12-13,19H,10-11,14H2,1-2H3,(H,24,26). The lowest BCUT2D eigenvalue weighted by Crippen LogP contribution is -2.43. The summed E-state index contributed by atoms with van der Waals surface area (Å²) in [6, 6.07) is 13.6. The number of rotatable bonds is 8. The van der Waals surface area contributed by atoms with Crippen molar-refractivity contribution in [3.8, 4) is 0 Å². The molecule has 0 spiro atoms. The molecule has 1 amide bonds. The Kier molecular flexibility index (Phi) is 7.09. The predicted molar refractivity (Wildman–Crippen MR) is 119 cm³/mol. The zero-order valence-electron chi connectivity index (χ0n) is 17.7. The molecule has 0 saturated carbocycles. The van der Waals surface area contributed by atoms with Gasteiger partial charge in [0.25, 0.3) is 5.91 Å². The quantitative estimate of drug-likeness (QED) is 0.407. The lowest BCUT2D eigenvalue weighted by Gasteiger charge is -2.18. The van der Waals surface area contributed by atoms with Crippen LogP contribution < -0.4 is 10.9 Å². The largest absolute Gasteiger partial charge is 0.459 e. The van der Waals surface area contributed by atoms with Crippen molar-refractivity contribution in [3.05, 3.63) is 81.7 Å². The Bertz CT molecular complexity index is 1300. The molecule has 3 rings (SSSR count). The van der Waals surface area contributed by atoms with Crippen molar-refractivity contribution < 1.29 is 27.2 Å². The van der Waals surface area contributed by atoms with Gasteiger partial charge in [-0.2, -0.15) is 0 Å². The fourth-order valence-electron chi connectivity index (χ4n) is 3.12. The lowest BCUT2D eigenvalue weighted by atomic mass is 10.1. The second kappa shape index (κ2) is 9.78. The topological polar surface area (TPSA) is 120 Å². The van der Waals surface area contributed by atoms with Crippen LogP contribution in [0.5, 0.6) is 0 Å². The summed E-state index contributed by atoms with van der Waals surface area (Å²) in [5.41, 5.74) is 1.46. The predicted octanol–water partition coefficient (Wildman–Crippen LogP) is 2.38. The van der Waals surface area contributed by atoms with Gasteiger partial charge in [0.05, 0.1) is 5.75 Å². The SMILES string of the molecule is Cc1ccc2c(COC(=O)C(CCS(C)(=O)=O)NC(=O)c3ccccc3)cc(=O)oc2c1.